The molecule has 0 aromatic carbocycles. The molecule has 1 aromatic rings. The molecular weight excluding hydrogens is 238 g/mol. The van der Waals surface area contributed by atoms with Crippen LogP contribution in [0.25, 0.3) is 0 Å². The largest absolute Gasteiger partial charge is 0.337 e. The second-order valence-electron chi connectivity index (χ2n) is 6.46. The van der Waals surface area contributed by atoms with E-state index >= 15 is 0 Å². The number of hydrogen-bond acceptors (Lipinski definition) is 4. The molecular formula is C15H25N3O. The van der Waals surface area contributed by atoms with Crippen LogP contribution in [0.1, 0.15) is 76.4 Å². The van der Waals surface area contributed by atoms with Crippen molar-refractivity contribution in [1.29, 1.82) is 0 Å². The van der Waals surface area contributed by atoms with Gasteiger partial charge in [0.2, 0.25) is 5.89 Å². The van der Waals surface area contributed by atoms with Gasteiger partial charge in [0.05, 0.1) is 5.54 Å². The summed E-state index contributed by atoms with van der Waals surface area (Å²) >= 11 is 0. The Morgan fingerprint density at radius 2 is 2.26 bits per heavy atom. The number of aromatic nitrogens is 2. The van der Waals surface area contributed by atoms with E-state index in [1.165, 1.54) is 38.5 Å². The predicted octanol–water partition coefficient (Wildman–Crippen LogP) is 3.35. The van der Waals surface area contributed by atoms with Crippen LogP contribution in [0.15, 0.2) is 4.52 Å². The molecule has 0 bridgehead atoms. The lowest BCUT2D eigenvalue weighted by Gasteiger charge is -2.26. The molecule has 4 nitrogen and oxygen atoms in total. The van der Waals surface area contributed by atoms with Crippen molar-refractivity contribution >= 4 is 0 Å². The molecule has 0 amide bonds. The molecule has 106 valence electrons. The Hall–Kier alpha value is -0.900. The molecule has 1 N–H and O–H groups in total. The van der Waals surface area contributed by atoms with Gasteiger partial charge in [-0.25, -0.2) is 0 Å². The van der Waals surface area contributed by atoms with E-state index in [-0.39, 0.29) is 5.54 Å². The van der Waals surface area contributed by atoms with Crippen molar-refractivity contribution in [3.63, 3.8) is 0 Å². The fourth-order valence-electron chi connectivity index (χ4n) is 3.60. The lowest BCUT2D eigenvalue weighted by molar-refractivity contribution is 0.268. The molecule has 3 atom stereocenters. The maximum atomic E-state index is 5.55. The van der Waals surface area contributed by atoms with Crippen molar-refractivity contribution in [1.82, 2.24) is 15.5 Å². The van der Waals surface area contributed by atoms with Gasteiger partial charge < -0.3 is 9.84 Å². The van der Waals surface area contributed by atoms with Gasteiger partial charge in [-0.05, 0) is 45.1 Å². The maximum absolute atomic E-state index is 5.55. The van der Waals surface area contributed by atoms with Crippen LogP contribution in [0.2, 0.25) is 0 Å². The first kappa shape index (κ1) is 13.1. The van der Waals surface area contributed by atoms with Crippen molar-refractivity contribution in [3.8, 4) is 0 Å². The zero-order valence-corrected chi connectivity index (χ0v) is 12.1. The average molecular weight is 263 g/mol. The molecule has 1 aliphatic carbocycles. The molecule has 0 radical (unpaired) electrons. The van der Waals surface area contributed by atoms with Gasteiger partial charge in [-0.15, -0.1) is 0 Å². The first-order chi connectivity index (χ1) is 9.21. The molecule has 1 aromatic heterocycles. The van der Waals surface area contributed by atoms with Crippen LogP contribution in [-0.2, 0) is 5.54 Å². The average Bonchev–Trinajstić information content (AvgIpc) is 3.08. The third-order valence-corrected chi connectivity index (χ3v) is 5.01. The zero-order valence-electron chi connectivity index (χ0n) is 12.1. The Labute approximate surface area is 115 Å². The van der Waals surface area contributed by atoms with E-state index in [4.69, 9.17) is 9.51 Å². The van der Waals surface area contributed by atoms with Gasteiger partial charge in [0.25, 0.3) is 0 Å². The fraction of sp³-hybridized carbons (Fsp3) is 0.867. The van der Waals surface area contributed by atoms with Crippen molar-refractivity contribution in [2.75, 3.05) is 6.54 Å². The quantitative estimate of drug-likeness (QED) is 0.908. The SMILES string of the molecule is CCC1CCCC(c2noc(C3(C)CCCN3)n2)C1. The van der Waals surface area contributed by atoms with Crippen LogP contribution in [-0.4, -0.2) is 16.7 Å². The van der Waals surface area contributed by atoms with E-state index < -0.39 is 0 Å². The summed E-state index contributed by atoms with van der Waals surface area (Å²) in [4.78, 5) is 4.72. The second-order valence-corrected chi connectivity index (χ2v) is 6.46. The van der Waals surface area contributed by atoms with Crippen LogP contribution in [0.5, 0.6) is 0 Å². The van der Waals surface area contributed by atoms with Gasteiger partial charge in [0, 0.05) is 5.92 Å². The Morgan fingerprint density at radius 3 is 3.00 bits per heavy atom. The third-order valence-electron chi connectivity index (χ3n) is 5.01. The highest BCUT2D eigenvalue weighted by Crippen LogP contribution is 2.37. The van der Waals surface area contributed by atoms with Crippen LogP contribution in [0.3, 0.4) is 0 Å². The smallest absolute Gasteiger partial charge is 0.246 e. The third kappa shape index (κ3) is 2.55. The Bertz CT molecular complexity index is 423. The van der Waals surface area contributed by atoms with Gasteiger partial charge in [-0.2, -0.15) is 4.98 Å². The predicted molar refractivity (Wildman–Crippen MR) is 73.9 cm³/mol. The summed E-state index contributed by atoms with van der Waals surface area (Å²) in [5, 5.41) is 7.76. The minimum Gasteiger partial charge on any atom is -0.337 e. The summed E-state index contributed by atoms with van der Waals surface area (Å²) in [5.74, 6) is 3.10. The monoisotopic (exact) mass is 263 g/mol. The highest BCUT2D eigenvalue weighted by atomic mass is 16.5. The second kappa shape index (κ2) is 5.23. The van der Waals surface area contributed by atoms with E-state index in [2.05, 4.69) is 24.3 Å². The Morgan fingerprint density at radius 1 is 1.37 bits per heavy atom. The van der Waals surface area contributed by atoms with E-state index in [1.807, 2.05) is 0 Å². The van der Waals surface area contributed by atoms with Gasteiger partial charge in [0.1, 0.15) is 0 Å². The molecule has 3 rings (SSSR count). The van der Waals surface area contributed by atoms with Gasteiger partial charge in [-0.1, -0.05) is 31.3 Å². The van der Waals surface area contributed by atoms with Gasteiger partial charge in [-0.3, -0.25) is 0 Å². The summed E-state index contributed by atoms with van der Waals surface area (Å²) in [6.07, 6.45) is 8.70. The highest BCUT2D eigenvalue weighted by molar-refractivity contribution is 5.07. The maximum Gasteiger partial charge on any atom is 0.246 e. The summed E-state index contributed by atoms with van der Waals surface area (Å²) in [6, 6.07) is 0. The summed E-state index contributed by atoms with van der Waals surface area (Å²) in [6.45, 7) is 5.51. The molecule has 1 saturated carbocycles. The van der Waals surface area contributed by atoms with Gasteiger partial charge >= 0.3 is 0 Å². The number of hydrogen-bond donors (Lipinski definition) is 1. The van der Waals surface area contributed by atoms with E-state index in [9.17, 15) is 0 Å². The Balaban J connectivity index is 1.74. The molecule has 4 heteroatoms. The summed E-state index contributed by atoms with van der Waals surface area (Å²) in [7, 11) is 0. The van der Waals surface area contributed by atoms with Crippen molar-refractivity contribution in [2.24, 2.45) is 5.92 Å². The van der Waals surface area contributed by atoms with Gasteiger partial charge in [0.15, 0.2) is 5.82 Å². The molecule has 19 heavy (non-hydrogen) atoms. The molecule has 2 aliphatic rings. The van der Waals surface area contributed by atoms with Crippen molar-refractivity contribution in [3.05, 3.63) is 11.7 Å². The molecule has 0 spiro atoms. The van der Waals surface area contributed by atoms with Crippen LogP contribution < -0.4 is 5.32 Å². The van der Waals surface area contributed by atoms with E-state index in [0.717, 1.165) is 30.6 Å². The first-order valence-corrected chi connectivity index (χ1v) is 7.80. The number of rotatable bonds is 3. The minimum atomic E-state index is -0.0932. The van der Waals surface area contributed by atoms with Crippen LogP contribution >= 0.6 is 0 Å². The van der Waals surface area contributed by atoms with Crippen molar-refractivity contribution in [2.45, 2.75) is 70.3 Å². The Kier molecular flexibility index (Phi) is 3.61. The lowest BCUT2D eigenvalue weighted by Crippen LogP contribution is -2.33. The standard InChI is InChI=1S/C15H25N3O/c1-3-11-6-4-7-12(10-11)13-17-14(19-18-13)15(2)8-5-9-16-15/h11-12,16H,3-10H2,1-2H3. The lowest BCUT2D eigenvalue weighted by atomic mass is 9.80. The number of nitrogens with one attached hydrogen (secondary N) is 1. The van der Waals surface area contributed by atoms with Crippen LogP contribution in [0.4, 0.5) is 0 Å². The number of nitrogens with zero attached hydrogens (tertiary/aromatic N) is 2. The summed E-state index contributed by atoms with van der Waals surface area (Å²) < 4.78 is 5.55. The van der Waals surface area contributed by atoms with E-state index in [1.54, 1.807) is 0 Å². The zero-order chi connectivity index (χ0) is 13.3. The topological polar surface area (TPSA) is 51.0 Å². The minimum absolute atomic E-state index is 0.0932. The summed E-state index contributed by atoms with van der Waals surface area (Å²) in [5.41, 5.74) is -0.0932. The highest BCUT2D eigenvalue weighted by Gasteiger charge is 2.36. The molecule has 3 unspecified atom stereocenters. The van der Waals surface area contributed by atoms with Crippen molar-refractivity contribution < 1.29 is 4.52 Å². The first-order valence-electron chi connectivity index (χ1n) is 7.80. The molecule has 1 aliphatic heterocycles. The normalized spacial score (nSPS) is 35.7. The fourth-order valence-corrected chi connectivity index (χ4v) is 3.60. The molecule has 1 saturated heterocycles. The molecule has 2 heterocycles. The van der Waals surface area contributed by atoms with E-state index in [0.29, 0.717) is 5.92 Å². The molecule has 2 fully saturated rings. The van der Waals surface area contributed by atoms with Crippen LogP contribution in [0, 0.1) is 5.92 Å².